The molecule has 0 spiro atoms. The predicted molar refractivity (Wildman–Crippen MR) is 59.6 cm³/mol. The second kappa shape index (κ2) is 3.81. The maximum absolute atomic E-state index is 11.6. The van der Waals surface area contributed by atoms with Crippen LogP contribution >= 0.6 is 0 Å². The summed E-state index contributed by atoms with van der Waals surface area (Å²) in [7, 11) is 1.32. The molecule has 0 radical (unpaired) electrons. The Bertz CT molecular complexity index is 569. The van der Waals surface area contributed by atoms with E-state index in [1.807, 2.05) is 6.07 Å². The Labute approximate surface area is 92.4 Å². The number of fused-ring (bicyclic) bond motifs is 1. The van der Waals surface area contributed by atoms with Crippen LogP contribution in [0, 0.1) is 0 Å². The summed E-state index contributed by atoms with van der Waals surface area (Å²) in [6.45, 7) is 1.45. The van der Waals surface area contributed by atoms with E-state index in [9.17, 15) is 9.59 Å². The largest absolute Gasteiger partial charge is 0.465 e. The van der Waals surface area contributed by atoms with Gasteiger partial charge >= 0.3 is 5.97 Å². The van der Waals surface area contributed by atoms with Gasteiger partial charge < -0.3 is 4.74 Å². The van der Waals surface area contributed by atoms with E-state index in [4.69, 9.17) is 0 Å². The molecule has 0 aliphatic heterocycles. The van der Waals surface area contributed by atoms with Gasteiger partial charge in [0.25, 0.3) is 0 Å². The third kappa shape index (κ3) is 1.48. The number of carbonyl (C=O) groups is 2. The number of hydrogen-bond donors (Lipinski definition) is 0. The van der Waals surface area contributed by atoms with Gasteiger partial charge in [0.2, 0.25) is 5.91 Å². The Morgan fingerprint density at radius 1 is 1.25 bits per heavy atom. The fraction of sp³-hybridized carbons (Fsp3) is 0.167. The van der Waals surface area contributed by atoms with Crippen molar-refractivity contribution in [2.75, 3.05) is 7.11 Å². The second-order valence-electron chi connectivity index (χ2n) is 3.44. The van der Waals surface area contributed by atoms with Crippen molar-refractivity contribution >= 4 is 22.8 Å². The molecule has 0 aliphatic rings. The first kappa shape index (κ1) is 10.4. The van der Waals surface area contributed by atoms with Gasteiger partial charge in [0.15, 0.2) is 0 Å². The summed E-state index contributed by atoms with van der Waals surface area (Å²) >= 11 is 0. The number of nitrogens with zero attached hydrogens (tertiary/aromatic N) is 1. The first-order chi connectivity index (χ1) is 7.65. The molecule has 0 saturated heterocycles. The molecular weight excluding hydrogens is 206 g/mol. The van der Waals surface area contributed by atoms with Crippen LogP contribution in [0.4, 0.5) is 0 Å². The maximum atomic E-state index is 11.6. The number of para-hydroxylation sites is 1. The van der Waals surface area contributed by atoms with Gasteiger partial charge in [-0.3, -0.25) is 9.36 Å². The lowest BCUT2D eigenvalue weighted by atomic mass is 10.1. The van der Waals surface area contributed by atoms with Crippen molar-refractivity contribution in [3.8, 4) is 0 Å². The minimum Gasteiger partial charge on any atom is -0.465 e. The number of rotatable bonds is 1. The number of aromatic nitrogens is 1. The molecule has 4 heteroatoms. The van der Waals surface area contributed by atoms with E-state index in [2.05, 4.69) is 4.74 Å². The van der Waals surface area contributed by atoms with Gasteiger partial charge in [-0.2, -0.15) is 0 Å². The highest BCUT2D eigenvalue weighted by Crippen LogP contribution is 2.20. The zero-order valence-corrected chi connectivity index (χ0v) is 9.06. The molecule has 4 nitrogen and oxygen atoms in total. The summed E-state index contributed by atoms with van der Waals surface area (Å²) in [5, 5.41) is 0.845. The van der Waals surface area contributed by atoms with Crippen LogP contribution in [0.1, 0.15) is 22.1 Å². The lowest BCUT2D eigenvalue weighted by Gasteiger charge is -2.05. The first-order valence-electron chi connectivity index (χ1n) is 4.84. The van der Waals surface area contributed by atoms with E-state index in [1.54, 1.807) is 24.4 Å². The Balaban J connectivity index is 2.78. The fourth-order valence-electron chi connectivity index (χ4n) is 1.73. The molecule has 1 aromatic carbocycles. The van der Waals surface area contributed by atoms with Crippen LogP contribution in [0.5, 0.6) is 0 Å². The van der Waals surface area contributed by atoms with Gasteiger partial charge in [0, 0.05) is 18.5 Å². The minimum atomic E-state index is -0.438. The second-order valence-corrected chi connectivity index (χ2v) is 3.44. The zero-order valence-electron chi connectivity index (χ0n) is 9.06. The molecule has 0 N–H and O–H groups in total. The number of ether oxygens (including phenoxy) is 1. The summed E-state index contributed by atoms with van der Waals surface area (Å²) in [5.74, 6) is -0.571. The van der Waals surface area contributed by atoms with E-state index in [-0.39, 0.29) is 5.91 Å². The van der Waals surface area contributed by atoms with Crippen LogP contribution in [-0.4, -0.2) is 23.6 Å². The van der Waals surface area contributed by atoms with Gasteiger partial charge in [0.1, 0.15) is 0 Å². The molecule has 1 heterocycles. The van der Waals surface area contributed by atoms with Crippen molar-refractivity contribution in [2.45, 2.75) is 6.92 Å². The van der Waals surface area contributed by atoms with Gasteiger partial charge in [-0.1, -0.05) is 12.1 Å². The lowest BCUT2D eigenvalue weighted by molar-refractivity contribution is 0.0602. The first-order valence-corrected chi connectivity index (χ1v) is 4.84. The molecule has 2 aromatic rings. The van der Waals surface area contributed by atoms with Gasteiger partial charge in [-0.05, 0) is 12.1 Å². The third-order valence-corrected chi connectivity index (χ3v) is 2.46. The number of methoxy groups -OCH3 is 1. The average molecular weight is 217 g/mol. The summed E-state index contributed by atoms with van der Waals surface area (Å²) < 4.78 is 6.13. The summed E-state index contributed by atoms with van der Waals surface area (Å²) in [6, 6.07) is 7.05. The van der Waals surface area contributed by atoms with Crippen molar-refractivity contribution in [3.05, 3.63) is 36.0 Å². The molecule has 0 atom stereocenters. The Morgan fingerprint density at radius 3 is 2.62 bits per heavy atom. The van der Waals surface area contributed by atoms with Crippen LogP contribution in [0.15, 0.2) is 30.5 Å². The van der Waals surface area contributed by atoms with E-state index in [0.717, 1.165) is 5.39 Å². The molecule has 16 heavy (non-hydrogen) atoms. The van der Waals surface area contributed by atoms with E-state index in [1.165, 1.54) is 18.6 Å². The molecule has 0 aliphatic carbocycles. The van der Waals surface area contributed by atoms with E-state index < -0.39 is 5.97 Å². The van der Waals surface area contributed by atoms with Gasteiger partial charge in [-0.15, -0.1) is 0 Å². The van der Waals surface area contributed by atoms with Crippen LogP contribution in [0.2, 0.25) is 0 Å². The molecule has 0 bridgehead atoms. The SMILES string of the molecule is COC(=O)c1cccc2ccn(C(C)=O)c12. The third-order valence-electron chi connectivity index (χ3n) is 2.46. The highest BCUT2D eigenvalue weighted by Gasteiger charge is 2.14. The molecule has 1 aromatic heterocycles. The summed E-state index contributed by atoms with van der Waals surface area (Å²) in [5.41, 5.74) is 1.00. The molecule has 0 amide bonds. The van der Waals surface area contributed by atoms with Crippen molar-refractivity contribution in [1.29, 1.82) is 0 Å². The van der Waals surface area contributed by atoms with E-state index in [0.29, 0.717) is 11.1 Å². The van der Waals surface area contributed by atoms with E-state index >= 15 is 0 Å². The van der Waals surface area contributed by atoms with Gasteiger partial charge in [0.05, 0.1) is 18.2 Å². The van der Waals surface area contributed by atoms with Crippen molar-refractivity contribution in [1.82, 2.24) is 4.57 Å². The number of hydrogen-bond acceptors (Lipinski definition) is 3. The van der Waals surface area contributed by atoms with Crippen molar-refractivity contribution < 1.29 is 14.3 Å². The summed E-state index contributed by atoms with van der Waals surface area (Å²) in [6.07, 6.45) is 1.65. The average Bonchev–Trinajstić information content (AvgIpc) is 2.71. The van der Waals surface area contributed by atoms with Crippen molar-refractivity contribution in [3.63, 3.8) is 0 Å². The molecule has 2 rings (SSSR count). The predicted octanol–water partition coefficient (Wildman–Crippen LogP) is 2.09. The van der Waals surface area contributed by atoms with Crippen LogP contribution in [0.25, 0.3) is 10.9 Å². The fourth-order valence-corrected chi connectivity index (χ4v) is 1.73. The van der Waals surface area contributed by atoms with Gasteiger partial charge in [-0.25, -0.2) is 4.79 Å². The normalized spacial score (nSPS) is 10.4. The van der Waals surface area contributed by atoms with Crippen LogP contribution < -0.4 is 0 Å². The smallest absolute Gasteiger partial charge is 0.340 e. The highest BCUT2D eigenvalue weighted by molar-refractivity contribution is 6.06. The molecule has 0 unspecified atom stereocenters. The highest BCUT2D eigenvalue weighted by atomic mass is 16.5. The van der Waals surface area contributed by atoms with Crippen LogP contribution in [0.3, 0.4) is 0 Å². The standard InChI is InChI=1S/C12H11NO3/c1-8(14)13-7-6-9-4-3-5-10(11(9)13)12(15)16-2/h3-7H,1-2H3. The summed E-state index contributed by atoms with van der Waals surface area (Å²) in [4.78, 5) is 22.9. The molecule has 82 valence electrons. The topological polar surface area (TPSA) is 48.3 Å². The monoisotopic (exact) mass is 217 g/mol. The number of benzene rings is 1. The Kier molecular flexibility index (Phi) is 2.48. The quantitative estimate of drug-likeness (QED) is 0.687. The zero-order chi connectivity index (χ0) is 11.7. The van der Waals surface area contributed by atoms with Crippen molar-refractivity contribution in [2.24, 2.45) is 0 Å². The number of esters is 1. The molecular formula is C12H11NO3. The lowest BCUT2D eigenvalue weighted by Crippen LogP contribution is -2.09. The Hall–Kier alpha value is -2.10. The minimum absolute atomic E-state index is 0.133. The number of carbonyl (C=O) groups excluding carboxylic acids is 2. The van der Waals surface area contributed by atoms with Crippen LogP contribution in [-0.2, 0) is 4.74 Å². The maximum Gasteiger partial charge on any atom is 0.340 e. The molecule has 0 saturated carbocycles. The Morgan fingerprint density at radius 2 is 2.00 bits per heavy atom. The molecule has 0 fully saturated rings.